The molecule has 25 heavy (non-hydrogen) atoms. The van der Waals surface area contributed by atoms with Crippen LogP contribution in [0.1, 0.15) is 11.1 Å². The van der Waals surface area contributed by atoms with Crippen LogP contribution < -0.4 is 4.72 Å². The topological polar surface area (TPSA) is 46.2 Å². The Morgan fingerprint density at radius 2 is 1.52 bits per heavy atom. The van der Waals surface area contributed by atoms with Crippen molar-refractivity contribution in [3.05, 3.63) is 94.0 Å². The largest absolute Gasteiger partial charge is 0.279 e. The Morgan fingerprint density at radius 1 is 0.840 bits per heavy atom. The average Bonchev–Trinajstić information content (AvgIpc) is 2.59. The minimum Gasteiger partial charge on any atom is -0.279 e. The molecular weight excluding hydrogens is 377 g/mol. The number of rotatable bonds is 5. The summed E-state index contributed by atoms with van der Waals surface area (Å²) in [6, 6.07) is 21.5. The van der Waals surface area contributed by atoms with Crippen molar-refractivity contribution in [3.8, 4) is 0 Å². The van der Waals surface area contributed by atoms with E-state index < -0.39 is 10.0 Å². The Labute approximate surface area is 157 Å². The van der Waals surface area contributed by atoms with Crippen LogP contribution in [0, 0.1) is 0 Å². The highest BCUT2D eigenvalue weighted by Gasteiger charge is 2.19. The van der Waals surface area contributed by atoms with Crippen LogP contribution in [-0.4, -0.2) is 8.42 Å². The number of nitrogens with one attached hydrogen (secondary N) is 1. The maximum absolute atomic E-state index is 12.7. The fraction of sp³-hybridized carbons (Fsp3) is 0.0526. The van der Waals surface area contributed by atoms with Gasteiger partial charge in [0.05, 0.1) is 10.7 Å². The SMILES string of the molecule is O=S(=O)(Nc1ccccc1Cc1ccccc1)c1cc(Cl)ccc1Cl. The molecule has 0 unspecified atom stereocenters. The van der Waals surface area contributed by atoms with Gasteiger partial charge in [-0.25, -0.2) is 8.42 Å². The molecule has 0 aliphatic heterocycles. The summed E-state index contributed by atoms with van der Waals surface area (Å²) < 4.78 is 28.1. The van der Waals surface area contributed by atoms with Gasteiger partial charge in [-0.15, -0.1) is 0 Å². The molecule has 0 fully saturated rings. The van der Waals surface area contributed by atoms with Crippen LogP contribution in [0.2, 0.25) is 10.0 Å². The lowest BCUT2D eigenvalue weighted by Crippen LogP contribution is -2.15. The van der Waals surface area contributed by atoms with E-state index in [2.05, 4.69) is 4.72 Å². The van der Waals surface area contributed by atoms with E-state index in [0.29, 0.717) is 17.1 Å². The Hall–Kier alpha value is -2.01. The molecule has 3 rings (SSSR count). The number of anilines is 1. The van der Waals surface area contributed by atoms with Crippen molar-refractivity contribution in [3.63, 3.8) is 0 Å². The standard InChI is InChI=1S/C19H15Cl2NO2S/c20-16-10-11-17(21)19(13-16)25(23,24)22-18-9-5-4-8-15(18)12-14-6-2-1-3-7-14/h1-11,13,22H,12H2. The van der Waals surface area contributed by atoms with Crippen molar-refractivity contribution < 1.29 is 8.42 Å². The van der Waals surface area contributed by atoms with Crippen LogP contribution in [0.25, 0.3) is 0 Å². The van der Waals surface area contributed by atoms with E-state index >= 15 is 0 Å². The van der Waals surface area contributed by atoms with Crippen molar-refractivity contribution in [2.75, 3.05) is 4.72 Å². The molecule has 6 heteroatoms. The van der Waals surface area contributed by atoms with E-state index in [1.54, 1.807) is 18.2 Å². The maximum Gasteiger partial charge on any atom is 0.263 e. The molecule has 0 radical (unpaired) electrons. The van der Waals surface area contributed by atoms with Gasteiger partial charge in [0, 0.05) is 5.02 Å². The second-order valence-electron chi connectivity index (χ2n) is 5.50. The molecule has 1 N–H and O–H groups in total. The highest BCUT2D eigenvalue weighted by Crippen LogP contribution is 2.28. The quantitative estimate of drug-likeness (QED) is 0.633. The molecule has 0 saturated carbocycles. The predicted octanol–water partition coefficient (Wildman–Crippen LogP) is 5.39. The molecule has 3 nitrogen and oxygen atoms in total. The van der Waals surface area contributed by atoms with Gasteiger partial charge in [0.1, 0.15) is 4.90 Å². The lowest BCUT2D eigenvalue weighted by molar-refractivity contribution is 0.601. The predicted molar refractivity (Wildman–Crippen MR) is 103 cm³/mol. The molecule has 128 valence electrons. The normalized spacial score (nSPS) is 11.3. The summed E-state index contributed by atoms with van der Waals surface area (Å²) in [5.41, 5.74) is 2.48. The Balaban J connectivity index is 1.94. The van der Waals surface area contributed by atoms with Crippen LogP contribution in [0.3, 0.4) is 0 Å². The van der Waals surface area contributed by atoms with Gasteiger partial charge in [0.25, 0.3) is 10.0 Å². The highest BCUT2D eigenvalue weighted by atomic mass is 35.5. The van der Waals surface area contributed by atoms with E-state index in [4.69, 9.17) is 23.2 Å². The molecule has 0 bridgehead atoms. The molecule has 0 atom stereocenters. The maximum atomic E-state index is 12.7. The molecule has 0 aliphatic carbocycles. The van der Waals surface area contributed by atoms with Crippen LogP contribution in [-0.2, 0) is 16.4 Å². The minimum absolute atomic E-state index is 0.0452. The summed E-state index contributed by atoms with van der Waals surface area (Å²) >= 11 is 12.0. The zero-order chi connectivity index (χ0) is 17.9. The second-order valence-corrected chi connectivity index (χ2v) is 7.99. The monoisotopic (exact) mass is 391 g/mol. The molecule has 0 spiro atoms. The van der Waals surface area contributed by atoms with Gasteiger partial charge in [0.2, 0.25) is 0 Å². The van der Waals surface area contributed by atoms with Crippen LogP contribution in [0.15, 0.2) is 77.7 Å². The van der Waals surface area contributed by atoms with Crippen LogP contribution >= 0.6 is 23.2 Å². The molecule has 0 aromatic heterocycles. The summed E-state index contributed by atoms with van der Waals surface area (Å²) in [4.78, 5) is -0.0452. The first-order chi connectivity index (χ1) is 12.0. The van der Waals surface area contributed by atoms with Crippen molar-refractivity contribution >= 4 is 38.9 Å². The van der Waals surface area contributed by atoms with Crippen molar-refractivity contribution in [2.24, 2.45) is 0 Å². The number of halogens is 2. The lowest BCUT2D eigenvalue weighted by atomic mass is 10.0. The first-order valence-corrected chi connectivity index (χ1v) is 9.79. The Morgan fingerprint density at radius 3 is 2.28 bits per heavy atom. The van der Waals surface area contributed by atoms with Crippen LogP contribution in [0.4, 0.5) is 5.69 Å². The van der Waals surface area contributed by atoms with E-state index in [9.17, 15) is 8.42 Å². The Bertz CT molecular complexity index is 989. The number of hydrogen-bond acceptors (Lipinski definition) is 2. The van der Waals surface area contributed by atoms with E-state index in [1.807, 2.05) is 42.5 Å². The minimum atomic E-state index is -3.85. The van der Waals surface area contributed by atoms with Crippen molar-refractivity contribution in [1.29, 1.82) is 0 Å². The zero-order valence-electron chi connectivity index (χ0n) is 13.1. The average molecular weight is 392 g/mol. The molecule has 0 aliphatic rings. The molecular formula is C19H15Cl2NO2S. The summed E-state index contributed by atoms with van der Waals surface area (Å²) in [6.45, 7) is 0. The van der Waals surface area contributed by atoms with Crippen molar-refractivity contribution in [2.45, 2.75) is 11.3 Å². The van der Waals surface area contributed by atoms with Gasteiger partial charge in [0.15, 0.2) is 0 Å². The third-order valence-corrected chi connectivity index (χ3v) is 5.76. The molecule has 0 saturated heterocycles. The Kier molecular flexibility index (Phi) is 5.33. The van der Waals surface area contributed by atoms with Gasteiger partial charge in [-0.2, -0.15) is 0 Å². The molecule has 3 aromatic rings. The fourth-order valence-corrected chi connectivity index (χ4v) is 4.34. The molecule has 0 amide bonds. The number of benzene rings is 3. The molecule has 3 aromatic carbocycles. The van der Waals surface area contributed by atoms with Gasteiger partial charge < -0.3 is 0 Å². The third-order valence-electron chi connectivity index (χ3n) is 3.68. The lowest BCUT2D eigenvalue weighted by Gasteiger charge is -2.14. The van der Waals surface area contributed by atoms with E-state index in [1.165, 1.54) is 12.1 Å². The second kappa shape index (κ2) is 7.48. The first kappa shape index (κ1) is 17.8. The third kappa shape index (κ3) is 4.34. The summed E-state index contributed by atoms with van der Waals surface area (Å²) in [5.74, 6) is 0. The van der Waals surface area contributed by atoms with E-state index in [-0.39, 0.29) is 9.92 Å². The van der Waals surface area contributed by atoms with Gasteiger partial charge in [-0.05, 0) is 41.8 Å². The number of hydrogen-bond donors (Lipinski definition) is 1. The van der Waals surface area contributed by atoms with E-state index in [0.717, 1.165) is 11.1 Å². The first-order valence-electron chi connectivity index (χ1n) is 7.55. The highest BCUT2D eigenvalue weighted by molar-refractivity contribution is 7.92. The number of sulfonamides is 1. The number of para-hydroxylation sites is 1. The summed E-state index contributed by atoms with van der Waals surface area (Å²) in [5, 5.41) is 0.430. The summed E-state index contributed by atoms with van der Waals surface area (Å²) in [6.07, 6.45) is 0.614. The fourth-order valence-electron chi connectivity index (χ4n) is 2.47. The van der Waals surface area contributed by atoms with Crippen molar-refractivity contribution in [1.82, 2.24) is 0 Å². The van der Waals surface area contributed by atoms with Gasteiger partial charge >= 0.3 is 0 Å². The zero-order valence-corrected chi connectivity index (χ0v) is 15.4. The summed E-state index contributed by atoms with van der Waals surface area (Å²) in [7, 11) is -3.85. The molecule has 0 heterocycles. The van der Waals surface area contributed by atoms with Crippen LogP contribution in [0.5, 0.6) is 0 Å². The van der Waals surface area contributed by atoms with Gasteiger partial charge in [-0.3, -0.25) is 4.72 Å². The smallest absolute Gasteiger partial charge is 0.263 e. The van der Waals surface area contributed by atoms with Gasteiger partial charge in [-0.1, -0.05) is 71.7 Å².